The summed E-state index contributed by atoms with van der Waals surface area (Å²) in [5, 5.41) is 3.43. The first-order valence-corrected chi connectivity index (χ1v) is 5.95. The molecule has 0 saturated carbocycles. The van der Waals surface area contributed by atoms with Gasteiger partial charge in [0, 0.05) is 4.91 Å². The van der Waals surface area contributed by atoms with Crippen LogP contribution in [0.5, 0.6) is 5.75 Å². The minimum absolute atomic E-state index is 0.365. The Morgan fingerprint density at radius 2 is 2.18 bits per heavy atom. The largest absolute Gasteiger partial charge is 0.493 e. The summed E-state index contributed by atoms with van der Waals surface area (Å²) in [6, 6.07) is 6.17. The van der Waals surface area contributed by atoms with Gasteiger partial charge in [-0.3, -0.25) is 0 Å². The molecule has 0 atom stereocenters. The molecule has 0 fully saturated rings. The molecule has 0 aliphatic rings. The van der Waals surface area contributed by atoms with Crippen LogP contribution in [0.2, 0.25) is 0 Å². The lowest BCUT2D eigenvalue weighted by molar-refractivity contribution is 0.328. The number of hydrogen-bond acceptors (Lipinski definition) is 2. The Labute approximate surface area is 102 Å². The van der Waals surface area contributed by atoms with E-state index < -0.39 is 0 Å². The Morgan fingerprint density at radius 1 is 1.41 bits per heavy atom. The first-order chi connectivity index (χ1) is 8.19. The monoisotopic (exact) mass is 233 g/mol. The van der Waals surface area contributed by atoms with Crippen molar-refractivity contribution in [2.24, 2.45) is 5.11 Å². The van der Waals surface area contributed by atoms with Gasteiger partial charge in [-0.2, -0.15) is 0 Å². The van der Waals surface area contributed by atoms with Gasteiger partial charge in [0.1, 0.15) is 5.75 Å². The van der Waals surface area contributed by atoms with E-state index in [9.17, 15) is 0 Å². The van der Waals surface area contributed by atoms with Gasteiger partial charge in [0.2, 0.25) is 0 Å². The van der Waals surface area contributed by atoms with E-state index in [0.717, 1.165) is 12.2 Å². The molecule has 0 aliphatic heterocycles. The Hall–Kier alpha value is -1.67. The lowest BCUT2D eigenvalue weighted by atomic mass is 9.95. The van der Waals surface area contributed by atoms with Crippen molar-refractivity contribution in [1.29, 1.82) is 0 Å². The van der Waals surface area contributed by atoms with Crippen molar-refractivity contribution < 1.29 is 4.74 Å². The van der Waals surface area contributed by atoms with Crippen LogP contribution in [0.25, 0.3) is 10.4 Å². The molecule has 17 heavy (non-hydrogen) atoms. The molecule has 0 aromatic heterocycles. The summed E-state index contributed by atoms with van der Waals surface area (Å²) in [5.74, 6) is 1.38. The highest BCUT2D eigenvalue weighted by atomic mass is 16.5. The van der Waals surface area contributed by atoms with Crippen LogP contribution in [-0.2, 0) is 6.42 Å². The quantitative estimate of drug-likeness (QED) is 0.316. The summed E-state index contributed by atoms with van der Waals surface area (Å²) in [7, 11) is 0. The van der Waals surface area contributed by atoms with Crippen molar-refractivity contribution >= 4 is 0 Å². The molecule has 0 aliphatic carbocycles. The molecule has 0 saturated heterocycles. The molecule has 0 radical (unpaired) electrons. The zero-order chi connectivity index (χ0) is 12.7. The summed E-state index contributed by atoms with van der Waals surface area (Å²) >= 11 is 0. The third-order valence-corrected chi connectivity index (χ3v) is 2.64. The molecule has 0 heterocycles. The van der Waals surface area contributed by atoms with Crippen molar-refractivity contribution in [3.05, 3.63) is 39.8 Å². The number of rotatable bonds is 6. The van der Waals surface area contributed by atoms with Gasteiger partial charge >= 0.3 is 0 Å². The van der Waals surface area contributed by atoms with Gasteiger partial charge < -0.3 is 4.74 Å². The summed E-state index contributed by atoms with van der Waals surface area (Å²) in [6.45, 7) is 7.32. The molecule has 0 bridgehead atoms. The van der Waals surface area contributed by atoms with E-state index >= 15 is 0 Å². The maximum atomic E-state index is 8.15. The first-order valence-electron chi connectivity index (χ1n) is 5.95. The summed E-state index contributed by atoms with van der Waals surface area (Å²) in [5.41, 5.74) is 10.8. The fourth-order valence-corrected chi connectivity index (χ4v) is 1.79. The molecule has 1 aromatic carbocycles. The van der Waals surface area contributed by atoms with Crippen molar-refractivity contribution in [3.8, 4) is 5.75 Å². The number of nitrogens with zero attached hydrogens (tertiary/aromatic N) is 3. The van der Waals surface area contributed by atoms with E-state index in [1.165, 1.54) is 11.1 Å². The molecule has 4 heteroatoms. The van der Waals surface area contributed by atoms with Crippen LogP contribution in [0.15, 0.2) is 23.3 Å². The van der Waals surface area contributed by atoms with E-state index in [-0.39, 0.29) is 0 Å². The standard InChI is InChI=1S/C13H19N3O/c1-4-11-9-12(17-8-7-15-16-14)5-6-13(11)10(2)3/h5-6,9-10H,4,7-8H2,1-3H3. The molecular weight excluding hydrogens is 214 g/mol. The van der Waals surface area contributed by atoms with E-state index in [4.69, 9.17) is 10.3 Å². The normalized spacial score (nSPS) is 10.1. The number of benzene rings is 1. The van der Waals surface area contributed by atoms with Gasteiger partial charge in [-0.05, 0) is 41.1 Å². The van der Waals surface area contributed by atoms with Gasteiger partial charge in [0.15, 0.2) is 0 Å². The van der Waals surface area contributed by atoms with Gasteiger partial charge in [-0.15, -0.1) is 0 Å². The van der Waals surface area contributed by atoms with Crippen LogP contribution in [0, 0.1) is 0 Å². The predicted molar refractivity (Wildman–Crippen MR) is 69.4 cm³/mol. The van der Waals surface area contributed by atoms with Crippen LogP contribution >= 0.6 is 0 Å². The lowest BCUT2D eigenvalue weighted by Gasteiger charge is -2.13. The summed E-state index contributed by atoms with van der Waals surface area (Å²) < 4.78 is 5.52. The zero-order valence-corrected chi connectivity index (χ0v) is 10.7. The second kappa shape index (κ2) is 6.81. The van der Waals surface area contributed by atoms with E-state index in [1.54, 1.807) is 0 Å². The Kier molecular flexibility index (Phi) is 5.37. The van der Waals surface area contributed by atoms with Crippen molar-refractivity contribution in [1.82, 2.24) is 0 Å². The SMILES string of the molecule is CCc1cc(OCCN=[N+]=[N-])ccc1C(C)C. The molecule has 0 N–H and O–H groups in total. The molecule has 1 rings (SSSR count). The number of hydrogen-bond donors (Lipinski definition) is 0. The van der Waals surface area contributed by atoms with Crippen LogP contribution < -0.4 is 4.74 Å². The maximum Gasteiger partial charge on any atom is 0.119 e. The number of ether oxygens (including phenoxy) is 1. The van der Waals surface area contributed by atoms with E-state index in [1.807, 2.05) is 6.07 Å². The van der Waals surface area contributed by atoms with Crippen molar-refractivity contribution in [2.75, 3.05) is 13.2 Å². The smallest absolute Gasteiger partial charge is 0.119 e. The molecule has 4 nitrogen and oxygen atoms in total. The molecule has 0 amide bonds. The zero-order valence-electron chi connectivity index (χ0n) is 10.7. The lowest BCUT2D eigenvalue weighted by Crippen LogP contribution is -2.02. The van der Waals surface area contributed by atoms with Crippen LogP contribution in [-0.4, -0.2) is 13.2 Å². The molecule has 92 valence electrons. The van der Waals surface area contributed by atoms with Gasteiger partial charge in [0.25, 0.3) is 0 Å². The predicted octanol–water partition coefficient (Wildman–Crippen LogP) is 4.06. The van der Waals surface area contributed by atoms with Gasteiger partial charge in [0.05, 0.1) is 13.2 Å². The first kappa shape index (κ1) is 13.4. The number of azide groups is 1. The summed E-state index contributed by atoms with van der Waals surface area (Å²) in [6.07, 6.45) is 1.00. The number of aryl methyl sites for hydroxylation is 1. The third kappa shape index (κ3) is 4.00. The molecule has 1 aromatic rings. The van der Waals surface area contributed by atoms with Crippen LogP contribution in [0.3, 0.4) is 0 Å². The second-order valence-electron chi connectivity index (χ2n) is 4.17. The topological polar surface area (TPSA) is 58.0 Å². The van der Waals surface area contributed by atoms with Gasteiger partial charge in [-0.1, -0.05) is 32.0 Å². The highest BCUT2D eigenvalue weighted by Gasteiger charge is 2.06. The van der Waals surface area contributed by atoms with Crippen LogP contribution in [0.4, 0.5) is 0 Å². The second-order valence-corrected chi connectivity index (χ2v) is 4.17. The average molecular weight is 233 g/mol. The fourth-order valence-electron chi connectivity index (χ4n) is 1.79. The third-order valence-electron chi connectivity index (χ3n) is 2.64. The van der Waals surface area contributed by atoms with E-state index in [0.29, 0.717) is 19.1 Å². The van der Waals surface area contributed by atoms with Crippen molar-refractivity contribution in [2.45, 2.75) is 33.1 Å². The maximum absolute atomic E-state index is 8.15. The Balaban J connectivity index is 2.72. The molecular formula is C13H19N3O. The summed E-state index contributed by atoms with van der Waals surface area (Å²) in [4.78, 5) is 2.68. The van der Waals surface area contributed by atoms with Crippen molar-refractivity contribution in [3.63, 3.8) is 0 Å². The highest BCUT2D eigenvalue weighted by molar-refractivity contribution is 5.37. The molecule has 0 unspecified atom stereocenters. The Bertz CT molecular complexity index is 409. The van der Waals surface area contributed by atoms with Gasteiger partial charge in [-0.25, -0.2) is 0 Å². The average Bonchev–Trinajstić information content (AvgIpc) is 2.34. The Morgan fingerprint density at radius 3 is 2.76 bits per heavy atom. The minimum Gasteiger partial charge on any atom is -0.493 e. The minimum atomic E-state index is 0.365. The van der Waals surface area contributed by atoms with Crippen LogP contribution in [0.1, 0.15) is 37.8 Å². The molecule has 0 spiro atoms. The highest BCUT2D eigenvalue weighted by Crippen LogP contribution is 2.24. The fraction of sp³-hybridized carbons (Fsp3) is 0.538. The van der Waals surface area contributed by atoms with E-state index in [2.05, 4.69) is 42.9 Å².